The van der Waals surface area contributed by atoms with Crippen LogP contribution < -0.4 is 0 Å². The second-order valence-electron chi connectivity index (χ2n) is 5.87. The number of phenolic OH excluding ortho intramolecular Hbond substituents is 1. The van der Waals surface area contributed by atoms with Crippen LogP contribution in [0.5, 0.6) is 5.75 Å². The molecule has 0 atom stereocenters. The third-order valence-electron chi connectivity index (χ3n) is 3.35. The van der Waals surface area contributed by atoms with E-state index in [9.17, 15) is 5.11 Å². The first-order valence-electron chi connectivity index (χ1n) is 6.31. The third kappa shape index (κ3) is 1.95. The van der Waals surface area contributed by atoms with E-state index in [1.807, 2.05) is 26.0 Å². The van der Waals surface area contributed by atoms with Gasteiger partial charge in [0.2, 0.25) is 0 Å². The van der Waals surface area contributed by atoms with E-state index >= 15 is 0 Å². The number of hydrogen-bond donors (Lipinski definition) is 1. The van der Waals surface area contributed by atoms with Crippen molar-refractivity contribution in [3.8, 4) is 16.3 Å². The van der Waals surface area contributed by atoms with E-state index in [2.05, 4.69) is 13.8 Å². The van der Waals surface area contributed by atoms with Crippen LogP contribution in [0.4, 0.5) is 0 Å². The molecular formula is C15H17NO2S. The Morgan fingerprint density at radius 3 is 2.53 bits per heavy atom. The van der Waals surface area contributed by atoms with Crippen LogP contribution in [0.3, 0.4) is 0 Å². The second-order valence-corrected chi connectivity index (χ2v) is 6.87. The number of fused-ring (bicyclic) bond motifs is 1. The highest BCUT2D eigenvalue weighted by molar-refractivity contribution is 7.15. The van der Waals surface area contributed by atoms with Crippen molar-refractivity contribution in [1.82, 2.24) is 4.98 Å². The van der Waals surface area contributed by atoms with Gasteiger partial charge in [-0.2, -0.15) is 0 Å². The predicted octanol–water partition coefficient (Wildman–Crippen LogP) is 4.02. The smallest absolute Gasteiger partial charge is 0.124 e. The molecule has 100 valence electrons. The maximum atomic E-state index is 9.58. The van der Waals surface area contributed by atoms with E-state index in [1.54, 1.807) is 23.5 Å². The number of nitrogens with zero attached hydrogens (tertiary/aromatic N) is 1. The van der Waals surface area contributed by atoms with E-state index in [-0.39, 0.29) is 17.0 Å². The van der Waals surface area contributed by atoms with Gasteiger partial charge in [0.15, 0.2) is 0 Å². The fraction of sp³-hybridized carbons (Fsp3) is 0.400. The Balaban J connectivity index is 2.14. The summed E-state index contributed by atoms with van der Waals surface area (Å²) >= 11 is 1.65. The maximum Gasteiger partial charge on any atom is 0.124 e. The average Bonchev–Trinajstić information content (AvgIpc) is 2.79. The summed E-state index contributed by atoms with van der Waals surface area (Å²) in [4.78, 5) is 5.91. The second kappa shape index (κ2) is 3.81. The fourth-order valence-electron chi connectivity index (χ4n) is 2.63. The van der Waals surface area contributed by atoms with Crippen LogP contribution in [0.1, 0.15) is 38.3 Å². The number of ether oxygens (including phenoxy) is 1. The standard InChI is InChI=1S/C15H17NO2S/c1-14(2)11-12(15(3,4)18-14)19-13(16-11)9-6-5-7-10(17)8-9/h5-8,17H,1-4H3. The minimum absolute atomic E-state index is 0.266. The molecule has 1 N–H and O–H groups in total. The van der Waals surface area contributed by atoms with Gasteiger partial charge in [-0.3, -0.25) is 0 Å². The number of thiazole rings is 1. The van der Waals surface area contributed by atoms with Crippen molar-refractivity contribution in [3.63, 3.8) is 0 Å². The van der Waals surface area contributed by atoms with E-state index in [0.29, 0.717) is 0 Å². The van der Waals surface area contributed by atoms with Gasteiger partial charge < -0.3 is 9.84 Å². The van der Waals surface area contributed by atoms with Gasteiger partial charge in [-0.25, -0.2) is 4.98 Å². The zero-order valence-corrected chi connectivity index (χ0v) is 12.3. The van der Waals surface area contributed by atoms with Crippen LogP contribution in [0.2, 0.25) is 0 Å². The molecule has 0 radical (unpaired) electrons. The molecule has 1 aliphatic rings. The summed E-state index contributed by atoms with van der Waals surface area (Å²) in [5, 5.41) is 10.5. The van der Waals surface area contributed by atoms with E-state index in [0.717, 1.165) is 16.3 Å². The summed E-state index contributed by atoms with van der Waals surface area (Å²) in [7, 11) is 0. The Labute approximate surface area is 116 Å². The van der Waals surface area contributed by atoms with E-state index in [1.165, 1.54) is 4.88 Å². The summed E-state index contributed by atoms with van der Waals surface area (Å²) in [6.07, 6.45) is 0. The van der Waals surface area contributed by atoms with Crippen molar-refractivity contribution in [3.05, 3.63) is 34.8 Å². The SMILES string of the molecule is CC1(C)OC(C)(C)c2sc(-c3cccc(O)c3)nc21. The molecule has 3 rings (SSSR count). The first-order valence-corrected chi connectivity index (χ1v) is 7.13. The number of aromatic nitrogens is 1. The van der Waals surface area contributed by atoms with E-state index in [4.69, 9.17) is 9.72 Å². The highest BCUT2D eigenvalue weighted by Crippen LogP contribution is 2.50. The zero-order chi connectivity index (χ0) is 13.8. The lowest BCUT2D eigenvalue weighted by Gasteiger charge is -2.24. The van der Waals surface area contributed by atoms with Crippen molar-refractivity contribution in [2.45, 2.75) is 38.9 Å². The van der Waals surface area contributed by atoms with Gasteiger partial charge >= 0.3 is 0 Å². The van der Waals surface area contributed by atoms with Crippen LogP contribution in [-0.4, -0.2) is 10.1 Å². The molecule has 0 spiro atoms. The van der Waals surface area contributed by atoms with Crippen molar-refractivity contribution >= 4 is 11.3 Å². The Morgan fingerprint density at radius 1 is 1.16 bits per heavy atom. The topological polar surface area (TPSA) is 42.4 Å². The van der Waals surface area contributed by atoms with Crippen LogP contribution in [0.15, 0.2) is 24.3 Å². The molecule has 2 heterocycles. The van der Waals surface area contributed by atoms with Gasteiger partial charge in [0.05, 0.1) is 16.2 Å². The molecule has 0 saturated heterocycles. The Kier molecular flexibility index (Phi) is 2.53. The lowest BCUT2D eigenvalue weighted by molar-refractivity contribution is -0.105. The van der Waals surface area contributed by atoms with Gasteiger partial charge in [-0.05, 0) is 39.8 Å². The van der Waals surface area contributed by atoms with Gasteiger partial charge in [0.25, 0.3) is 0 Å². The minimum Gasteiger partial charge on any atom is -0.508 e. The quantitative estimate of drug-likeness (QED) is 0.855. The van der Waals surface area contributed by atoms with Crippen LogP contribution in [0.25, 0.3) is 10.6 Å². The summed E-state index contributed by atoms with van der Waals surface area (Å²) in [6, 6.07) is 7.22. The van der Waals surface area contributed by atoms with Crippen LogP contribution in [0, 0.1) is 0 Å². The molecule has 0 aliphatic carbocycles. The molecule has 0 amide bonds. The Hall–Kier alpha value is -1.39. The number of aromatic hydroxyl groups is 1. The Bertz CT molecular complexity index is 612. The summed E-state index contributed by atoms with van der Waals surface area (Å²) in [5.74, 6) is 0.266. The van der Waals surface area contributed by atoms with Crippen molar-refractivity contribution in [1.29, 1.82) is 0 Å². The number of hydrogen-bond acceptors (Lipinski definition) is 4. The normalized spacial score (nSPS) is 19.4. The monoisotopic (exact) mass is 275 g/mol. The molecule has 1 aromatic heterocycles. The third-order valence-corrected chi connectivity index (χ3v) is 4.76. The van der Waals surface area contributed by atoms with Gasteiger partial charge in [0, 0.05) is 5.56 Å². The van der Waals surface area contributed by atoms with Gasteiger partial charge in [0.1, 0.15) is 16.4 Å². The molecular weight excluding hydrogens is 258 g/mol. The summed E-state index contributed by atoms with van der Waals surface area (Å²) in [6.45, 7) is 8.25. The van der Waals surface area contributed by atoms with Gasteiger partial charge in [-0.15, -0.1) is 11.3 Å². The zero-order valence-electron chi connectivity index (χ0n) is 11.5. The van der Waals surface area contributed by atoms with Crippen LogP contribution >= 0.6 is 11.3 Å². The molecule has 0 unspecified atom stereocenters. The molecule has 2 aromatic rings. The first-order chi connectivity index (χ1) is 8.79. The number of benzene rings is 1. The molecule has 0 bridgehead atoms. The van der Waals surface area contributed by atoms with Gasteiger partial charge in [-0.1, -0.05) is 12.1 Å². The lowest BCUT2D eigenvalue weighted by atomic mass is 10.0. The summed E-state index contributed by atoms with van der Waals surface area (Å²) < 4.78 is 6.06. The van der Waals surface area contributed by atoms with Crippen molar-refractivity contribution in [2.24, 2.45) is 0 Å². The predicted molar refractivity (Wildman–Crippen MR) is 76.4 cm³/mol. The molecule has 1 aromatic carbocycles. The number of rotatable bonds is 1. The average molecular weight is 275 g/mol. The molecule has 0 fully saturated rings. The lowest BCUT2D eigenvalue weighted by Crippen LogP contribution is -2.23. The molecule has 3 nitrogen and oxygen atoms in total. The minimum atomic E-state index is -0.357. The molecule has 0 saturated carbocycles. The fourth-order valence-corrected chi connectivity index (χ4v) is 3.88. The Morgan fingerprint density at radius 2 is 1.89 bits per heavy atom. The van der Waals surface area contributed by atoms with Crippen LogP contribution in [-0.2, 0) is 15.9 Å². The van der Waals surface area contributed by atoms with Crippen molar-refractivity contribution in [2.75, 3.05) is 0 Å². The maximum absolute atomic E-state index is 9.58. The molecule has 1 aliphatic heterocycles. The molecule has 4 heteroatoms. The van der Waals surface area contributed by atoms with E-state index < -0.39 is 0 Å². The first kappa shape index (κ1) is 12.6. The van der Waals surface area contributed by atoms with Crippen molar-refractivity contribution < 1.29 is 9.84 Å². The highest BCUT2D eigenvalue weighted by Gasteiger charge is 2.46. The number of phenols is 1. The highest BCUT2D eigenvalue weighted by atomic mass is 32.1. The summed E-state index contributed by atoms with van der Waals surface area (Å²) in [5.41, 5.74) is 1.31. The molecule has 19 heavy (non-hydrogen) atoms. The largest absolute Gasteiger partial charge is 0.508 e.